The van der Waals surface area contributed by atoms with E-state index in [2.05, 4.69) is 4.98 Å². The fourth-order valence-corrected chi connectivity index (χ4v) is 1.16. The van der Waals surface area contributed by atoms with Gasteiger partial charge in [-0.1, -0.05) is 18.3 Å². The van der Waals surface area contributed by atoms with Crippen LogP contribution in [-0.2, 0) is 11.2 Å². The van der Waals surface area contributed by atoms with Crippen LogP contribution in [0.2, 0.25) is 0 Å². The van der Waals surface area contributed by atoms with E-state index in [-0.39, 0.29) is 6.42 Å². The van der Waals surface area contributed by atoms with Crippen LogP contribution in [0, 0.1) is 4.64 Å². The third-order valence-electron chi connectivity index (χ3n) is 1.66. The van der Waals surface area contributed by atoms with Gasteiger partial charge >= 0.3 is 5.97 Å². The van der Waals surface area contributed by atoms with Crippen molar-refractivity contribution in [3.05, 3.63) is 28.5 Å². The van der Waals surface area contributed by atoms with Crippen molar-refractivity contribution in [2.75, 3.05) is 0 Å². The first-order chi connectivity index (χ1) is 6.11. The minimum atomic E-state index is -1.02. The Morgan fingerprint density at radius 1 is 1.77 bits per heavy atom. The molecule has 0 aromatic carbocycles. The highest BCUT2D eigenvalue weighted by Gasteiger charge is 2.12. The Morgan fingerprint density at radius 2 is 2.46 bits per heavy atom. The molecule has 0 bridgehead atoms. The quantitative estimate of drug-likeness (QED) is 0.624. The maximum Gasteiger partial charge on any atom is 0.320 e. The van der Waals surface area contributed by atoms with Crippen molar-refractivity contribution < 1.29 is 9.90 Å². The van der Waals surface area contributed by atoms with Crippen LogP contribution in [0.25, 0.3) is 0 Å². The van der Waals surface area contributed by atoms with E-state index >= 15 is 0 Å². The van der Waals surface area contributed by atoms with Gasteiger partial charge in [0.1, 0.15) is 10.7 Å². The summed E-state index contributed by atoms with van der Waals surface area (Å²) in [5, 5.41) is 8.56. The Balaban J connectivity index is 2.81. The molecule has 0 amide bonds. The lowest BCUT2D eigenvalue weighted by Gasteiger charge is -2.05. The smallest absolute Gasteiger partial charge is 0.320 e. The average Bonchev–Trinajstić information content (AvgIpc) is 2.08. The molecule has 1 rings (SSSR count). The third-order valence-corrected chi connectivity index (χ3v) is 2.04. The molecule has 4 nitrogen and oxygen atoms in total. The molecular formula is C8H10N2O2S. The molecule has 0 fully saturated rings. The zero-order chi connectivity index (χ0) is 9.84. The first-order valence-electron chi connectivity index (χ1n) is 3.76. The van der Waals surface area contributed by atoms with Crippen LogP contribution in [-0.4, -0.2) is 22.1 Å². The van der Waals surface area contributed by atoms with E-state index in [1.54, 1.807) is 18.3 Å². The number of H-pyrrole nitrogens is 1. The molecule has 0 aliphatic rings. The van der Waals surface area contributed by atoms with Gasteiger partial charge in [-0.3, -0.25) is 4.79 Å². The van der Waals surface area contributed by atoms with E-state index in [1.165, 1.54) is 0 Å². The van der Waals surface area contributed by atoms with Gasteiger partial charge in [-0.05, 0) is 11.6 Å². The normalized spacial score (nSPS) is 12.4. The number of carboxylic acid groups (broad SMARTS) is 1. The van der Waals surface area contributed by atoms with Crippen LogP contribution in [0.5, 0.6) is 0 Å². The van der Waals surface area contributed by atoms with Crippen molar-refractivity contribution in [1.82, 2.24) is 4.98 Å². The van der Waals surface area contributed by atoms with Gasteiger partial charge in [0.15, 0.2) is 0 Å². The molecule has 0 radical (unpaired) electrons. The Morgan fingerprint density at radius 3 is 3.00 bits per heavy atom. The van der Waals surface area contributed by atoms with E-state index in [1.807, 2.05) is 0 Å². The van der Waals surface area contributed by atoms with Gasteiger partial charge in [0, 0.05) is 12.6 Å². The second-order valence-corrected chi connectivity index (χ2v) is 3.08. The zero-order valence-corrected chi connectivity index (χ0v) is 7.67. The number of nitrogens with two attached hydrogens (primary N) is 1. The van der Waals surface area contributed by atoms with Crippen LogP contribution >= 0.6 is 12.2 Å². The predicted octanol–water partition coefficient (Wildman–Crippen LogP) is 0.699. The summed E-state index contributed by atoms with van der Waals surface area (Å²) in [7, 11) is 0. The first-order valence-corrected chi connectivity index (χ1v) is 4.17. The molecule has 5 heteroatoms. The number of rotatable bonds is 3. The van der Waals surface area contributed by atoms with Gasteiger partial charge in [0.25, 0.3) is 0 Å². The van der Waals surface area contributed by atoms with Crippen molar-refractivity contribution in [3.8, 4) is 0 Å². The molecule has 4 N–H and O–H groups in total. The van der Waals surface area contributed by atoms with Crippen molar-refractivity contribution >= 4 is 18.2 Å². The summed E-state index contributed by atoms with van der Waals surface area (Å²) in [6.07, 6.45) is 1.95. The van der Waals surface area contributed by atoms with Gasteiger partial charge in [-0.25, -0.2) is 0 Å². The third kappa shape index (κ3) is 2.64. The molecule has 0 saturated heterocycles. The number of aromatic nitrogens is 1. The minimum Gasteiger partial charge on any atom is -0.480 e. The number of hydrogen-bond donors (Lipinski definition) is 3. The van der Waals surface area contributed by atoms with Gasteiger partial charge in [-0.2, -0.15) is 0 Å². The van der Waals surface area contributed by atoms with Crippen LogP contribution in [0.15, 0.2) is 18.3 Å². The lowest BCUT2D eigenvalue weighted by molar-refractivity contribution is -0.138. The molecule has 1 heterocycles. The number of hydrogen-bond acceptors (Lipinski definition) is 3. The molecule has 0 saturated carbocycles. The first kappa shape index (κ1) is 9.88. The number of aliphatic carboxylic acids is 1. The highest BCUT2D eigenvalue weighted by atomic mass is 32.1. The van der Waals surface area contributed by atoms with Gasteiger partial charge in [-0.15, -0.1) is 0 Å². The van der Waals surface area contributed by atoms with Crippen LogP contribution in [0.3, 0.4) is 0 Å². The number of pyridine rings is 1. The maximum atomic E-state index is 10.4. The summed E-state index contributed by atoms with van der Waals surface area (Å²) in [5.41, 5.74) is 6.11. The van der Waals surface area contributed by atoms with Crippen LogP contribution in [0.4, 0.5) is 0 Å². The van der Waals surface area contributed by atoms with Crippen LogP contribution in [0.1, 0.15) is 5.56 Å². The lowest BCUT2D eigenvalue weighted by atomic mass is 10.1. The predicted molar refractivity (Wildman–Crippen MR) is 50.9 cm³/mol. The SMILES string of the molecule is N[C@@H](Cc1ccc[nH]c1=S)C(=O)O. The van der Waals surface area contributed by atoms with E-state index in [0.29, 0.717) is 4.64 Å². The Kier molecular flexibility index (Phi) is 3.16. The Bertz CT molecular complexity index is 361. The molecule has 0 aliphatic carbocycles. The molecular weight excluding hydrogens is 188 g/mol. The van der Waals surface area contributed by atoms with Crippen molar-refractivity contribution in [2.45, 2.75) is 12.5 Å². The minimum absolute atomic E-state index is 0.255. The zero-order valence-electron chi connectivity index (χ0n) is 6.86. The second-order valence-electron chi connectivity index (χ2n) is 2.67. The molecule has 70 valence electrons. The van der Waals surface area contributed by atoms with Gasteiger partial charge in [0.2, 0.25) is 0 Å². The van der Waals surface area contributed by atoms with Gasteiger partial charge < -0.3 is 15.8 Å². The highest BCUT2D eigenvalue weighted by Crippen LogP contribution is 2.02. The number of carbonyl (C=O) groups is 1. The summed E-state index contributed by atoms with van der Waals surface area (Å²) in [6, 6.07) is 2.64. The summed E-state index contributed by atoms with van der Waals surface area (Å²) in [6.45, 7) is 0. The highest BCUT2D eigenvalue weighted by molar-refractivity contribution is 7.71. The van der Waals surface area contributed by atoms with Crippen molar-refractivity contribution in [1.29, 1.82) is 0 Å². The largest absolute Gasteiger partial charge is 0.480 e. The number of aromatic amines is 1. The fraction of sp³-hybridized carbons (Fsp3) is 0.250. The molecule has 1 aromatic heterocycles. The Hall–Kier alpha value is -1.20. The van der Waals surface area contributed by atoms with Crippen molar-refractivity contribution in [3.63, 3.8) is 0 Å². The molecule has 1 aromatic rings. The standard InChI is InChI=1S/C8H10N2O2S/c9-6(8(11)12)4-5-2-1-3-10-7(5)13/h1-3,6H,4,9H2,(H,10,13)(H,11,12)/t6-/m0/s1. The summed E-state index contributed by atoms with van der Waals surface area (Å²) in [4.78, 5) is 13.3. The fourth-order valence-electron chi connectivity index (χ4n) is 0.941. The monoisotopic (exact) mass is 198 g/mol. The average molecular weight is 198 g/mol. The second kappa shape index (κ2) is 4.15. The molecule has 1 atom stereocenters. The summed E-state index contributed by atoms with van der Waals surface area (Å²) >= 11 is 4.95. The lowest BCUT2D eigenvalue weighted by Crippen LogP contribution is -2.32. The summed E-state index contributed by atoms with van der Waals surface area (Å²) < 4.78 is 0.541. The number of carboxylic acids is 1. The molecule has 0 spiro atoms. The topological polar surface area (TPSA) is 79.1 Å². The van der Waals surface area contributed by atoms with Crippen molar-refractivity contribution in [2.24, 2.45) is 5.73 Å². The van der Waals surface area contributed by atoms with E-state index < -0.39 is 12.0 Å². The number of nitrogens with one attached hydrogen (secondary N) is 1. The maximum absolute atomic E-state index is 10.4. The van der Waals surface area contributed by atoms with E-state index in [4.69, 9.17) is 23.1 Å². The van der Waals surface area contributed by atoms with Crippen LogP contribution < -0.4 is 5.73 Å². The van der Waals surface area contributed by atoms with E-state index in [0.717, 1.165) is 5.56 Å². The molecule has 13 heavy (non-hydrogen) atoms. The van der Waals surface area contributed by atoms with E-state index in [9.17, 15) is 4.79 Å². The Labute approximate surface area is 80.4 Å². The molecule has 0 unspecified atom stereocenters. The summed E-state index contributed by atoms with van der Waals surface area (Å²) in [5.74, 6) is -1.02. The molecule has 0 aliphatic heterocycles. The van der Waals surface area contributed by atoms with Gasteiger partial charge in [0.05, 0.1) is 0 Å².